The molecule has 164 valence electrons. The predicted molar refractivity (Wildman–Crippen MR) is 115 cm³/mol. The lowest BCUT2D eigenvalue weighted by atomic mass is 10.1. The Bertz CT molecular complexity index is 1250. The van der Waals surface area contributed by atoms with Gasteiger partial charge in [-0.3, -0.25) is 0 Å². The summed E-state index contributed by atoms with van der Waals surface area (Å²) in [5.41, 5.74) is 2.95. The first-order valence-electron chi connectivity index (χ1n) is 10.1. The maximum Gasteiger partial charge on any atom is 0.280 e. The van der Waals surface area contributed by atoms with E-state index in [1.807, 2.05) is 49.4 Å². The van der Waals surface area contributed by atoms with E-state index in [9.17, 15) is 0 Å². The van der Waals surface area contributed by atoms with Crippen LogP contribution in [0.25, 0.3) is 23.0 Å². The minimum absolute atomic E-state index is 0.211. The van der Waals surface area contributed by atoms with Crippen LogP contribution in [-0.4, -0.2) is 38.9 Å². The highest BCUT2D eigenvalue weighted by molar-refractivity contribution is 6.32. The first kappa shape index (κ1) is 20.5. The van der Waals surface area contributed by atoms with Crippen molar-refractivity contribution in [2.75, 3.05) is 13.7 Å². The Morgan fingerprint density at radius 2 is 2.06 bits per heavy atom. The summed E-state index contributed by atoms with van der Waals surface area (Å²) in [6.07, 6.45) is -0.211. The molecule has 0 fully saturated rings. The summed E-state index contributed by atoms with van der Waals surface area (Å²) in [4.78, 5) is 4.50. The molecule has 0 unspecified atom stereocenters. The average Bonchev–Trinajstić information content (AvgIpc) is 3.47. The molecule has 2 aromatic heterocycles. The number of para-hydroxylation sites is 1. The van der Waals surface area contributed by atoms with E-state index < -0.39 is 0 Å². The molecule has 0 aliphatic carbocycles. The lowest BCUT2D eigenvalue weighted by molar-refractivity contribution is -0.00119. The van der Waals surface area contributed by atoms with Gasteiger partial charge in [0.25, 0.3) is 5.89 Å². The Labute approximate surface area is 188 Å². The molecule has 2 aromatic carbocycles. The third-order valence-electron chi connectivity index (χ3n) is 5.20. The highest BCUT2D eigenvalue weighted by Gasteiger charge is 2.28. The van der Waals surface area contributed by atoms with Crippen molar-refractivity contribution < 1.29 is 18.7 Å². The molecule has 0 bridgehead atoms. The van der Waals surface area contributed by atoms with Crippen molar-refractivity contribution in [3.63, 3.8) is 0 Å². The fourth-order valence-corrected chi connectivity index (χ4v) is 3.87. The molecule has 0 spiro atoms. The van der Waals surface area contributed by atoms with Gasteiger partial charge in [-0.05, 0) is 36.8 Å². The van der Waals surface area contributed by atoms with Gasteiger partial charge in [0.05, 0.1) is 43.1 Å². The van der Waals surface area contributed by atoms with Crippen LogP contribution in [0, 0.1) is 0 Å². The molecule has 3 heterocycles. The molecule has 0 radical (unpaired) electrons. The number of ether oxygens (including phenoxy) is 3. The molecular formula is C22H20ClN5O4. The van der Waals surface area contributed by atoms with Crippen molar-refractivity contribution in [2.24, 2.45) is 0 Å². The SMILES string of the molecule is CCOc1ccc([C@H]2Cn3nnc(-c4nc(-c5ccccc5OC)no4)c3CO2)cc1Cl. The topological polar surface area (TPSA) is 97.3 Å². The Balaban J connectivity index is 1.39. The predicted octanol–water partition coefficient (Wildman–Crippen LogP) is 4.33. The van der Waals surface area contributed by atoms with E-state index in [2.05, 4.69) is 20.5 Å². The summed E-state index contributed by atoms with van der Waals surface area (Å²) in [7, 11) is 1.60. The second-order valence-electron chi connectivity index (χ2n) is 7.11. The summed E-state index contributed by atoms with van der Waals surface area (Å²) in [6, 6.07) is 13.1. The second kappa shape index (κ2) is 8.60. The minimum atomic E-state index is -0.211. The van der Waals surface area contributed by atoms with E-state index in [1.165, 1.54) is 0 Å². The molecule has 10 heteroatoms. The van der Waals surface area contributed by atoms with Crippen LogP contribution >= 0.6 is 11.6 Å². The zero-order valence-electron chi connectivity index (χ0n) is 17.5. The Morgan fingerprint density at radius 3 is 2.88 bits per heavy atom. The lowest BCUT2D eigenvalue weighted by Gasteiger charge is -2.24. The molecule has 0 amide bonds. The van der Waals surface area contributed by atoms with E-state index in [0.717, 1.165) is 16.8 Å². The lowest BCUT2D eigenvalue weighted by Crippen LogP contribution is -2.22. The van der Waals surface area contributed by atoms with Crippen LogP contribution < -0.4 is 9.47 Å². The summed E-state index contributed by atoms with van der Waals surface area (Å²) < 4.78 is 24.2. The molecule has 0 saturated heterocycles. The number of fused-ring (bicyclic) bond motifs is 1. The van der Waals surface area contributed by atoms with E-state index in [0.29, 0.717) is 47.8 Å². The van der Waals surface area contributed by atoms with Gasteiger partial charge in [0.1, 0.15) is 17.6 Å². The summed E-state index contributed by atoms with van der Waals surface area (Å²) in [5.74, 6) is 2.00. The normalized spacial score (nSPS) is 15.4. The number of halogens is 1. The monoisotopic (exact) mass is 453 g/mol. The number of benzene rings is 2. The smallest absolute Gasteiger partial charge is 0.280 e. The van der Waals surface area contributed by atoms with Gasteiger partial charge in [-0.25, -0.2) is 4.68 Å². The molecule has 32 heavy (non-hydrogen) atoms. The fourth-order valence-electron chi connectivity index (χ4n) is 3.63. The largest absolute Gasteiger partial charge is 0.496 e. The van der Waals surface area contributed by atoms with Crippen molar-refractivity contribution in [2.45, 2.75) is 26.2 Å². The Morgan fingerprint density at radius 1 is 1.19 bits per heavy atom. The number of aromatic nitrogens is 5. The molecule has 1 atom stereocenters. The zero-order chi connectivity index (χ0) is 22.1. The van der Waals surface area contributed by atoms with Gasteiger partial charge in [0.15, 0.2) is 5.69 Å². The van der Waals surface area contributed by atoms with Gasteiger partial charge < -0.3 is 18.7 Å². The molecule has 1 aliphatic heterocycles. The molecule has 5 rings (SSSR count). The summed E-state index contributed by atoms with van der Waals surface area (Å²) in [5, 5.41) is 13.2. The molecule has 4 aromatic rings. The molecule has 9 nitrogen and oxygen atoms in total. The van der Waals surface area contributed by atoms with Crippen LogP contribution in [-0.2, 0) is 17.9 Å². The average molecular weight is 454 g/mol. The molecule has 0 N–H and O–H groups in total. The van der Waals surface area contributed by atoms with Gasteiger partial charge >= 0.3 is 0 Å². The highest BCUT2D eigenvalue weighted by Crippen LogP contribution is 2.35. The highest BCUT2D eigenvalue weighted by atomic mass is 35.5. The quantitative estimate of drug-likeness (QED) is 0.425. The van der Waals surface area contributed by atoms with E-state index >= 15 is 0 Å². The van der Waals surface area contributed by atoms with Crippen LogP contribution in [0.15, 0.2) is 47.0 Å². The number of nitrogens with zero attached hydrogens (tertiary/aromatic N) is 5. The Kier molecular flexibility index (Phi) is 5.50. The van der Waals surface area contributed by atoms with Crippen molar-refractivity contribution in [1.82, 2.24) is 25.1 Å². The Hall–Kier alpha value is -3.43. The van der Waals surface area contributed by atoms with E-state index in [4.69, 9.17) is 30.3 Å². The summed E-state index contributed by atoms with van der Waals surface area (Å²) >= 11 is 6.33. The van der Waals surface area contributed by atoms with Crippen molar-refractivity contribution in [3.05, 3.63) is 58.7 Å². The van der Waals surface area contributed by atoms with Gasteiger partial charge in [-0.15, -0.1) is 5.10 Å². The van der Waals surface area contributed by atoms with Crippen LogP contribution in [0.1, 0.15) is 24.3 Å². The standard InChI is InChI=1S/C22H20ClN5O4/c1-3-30-18-9-8-13(10-15(18)23)19-11-28-16(12-31-19)20(25-27-28)22-24-21(26-32-22)14-6-4-5-7-17(14)29-2/h4-10,19H,3,11-12H2,1-2H3/t19-/m1/s1. The fraction of sp³-hybridized carbons (Fsp3) is 0.273. The summed E-state index contributed by atoms with van der Waals surface area (Å²) in [6.45, 7) is 3.25. The molecular weight excluding hydrogens is 434 g/mol. The zero-order valence-corrected chi connectivity index (χ0v) is 18.2. The number of hydrogen-bond donors (Lipinski definition) is 0. The van der Waals surface area contributed by atoms with Gasteiger partial charge in [-0.2, -0.15) is 4.98 Å². The van der Waals surface area contributed by atoms with Crippen molar-refractivity contribution in [1.29, 1.82) is 0 Å². The molecule has 0 saturated carbocycles. The van der Waals surface area contributed by atoms with Gasteiger partial charge in [-0.1, -0.05) is 40.2 Å². The van der Waals surface area contributed by atoms with Crippen LogP contribution in [0.2, 0.25) is 5.02 Å². The van der Waals surface area contributed by atoms with Gasteiger partial charge in [0, 0.05) is 0 Å². The van der Waals surface area contributed by atoms with Crippen molar-refractivity contribution in [3.8, 4) is 34.5 Å². The van der Waals surface area contributed by atoms with E-state index in [-0.39, 0.29) is 12.0 Å². The number of methoxy groups -OCH3 is 1. The van der Waals surface area contributed by atoms with Crippen LogP contribution in [0.4, 0.5) is 0 Å². The van der Waals surface area contributed by atoms with Gasteiger partial charge in [0.2, 0.25) is 5.82 Å². The molecule has 1 aliphatic rings. The number of hydrogen-bond acceptors (Lipinski definition) is 8. The second-order valence-corrected chi connectivity index (χ2v) is 7.52. The number of rotatable bonds is 6. The maximum absolute atomic E-state index is 6.33. The van der Waals surface area contributed by atoms with Crippen LogP contribution in [0.3, 0.4) is 0 Å². The third-order valence-corrected chi connectivity index (χ3v) is 5.50. The van der Waals surface area contributed by atoms with Crippen LogP contribution in [0.5, 0.6) is 11.5 Å². The first-order chi connectivity index (χ1) is 15.7. The third kappa shape index (κ3) is 3.69. The van der Waals surface area contributed by atoms with Crippen molar-refractivity contribution >= 4 is 11.6 Å². The minimum Gasteiger partial charge on any atom is -0.496 e. The maximum atomic E-state index is 6.33. The van der Waals surface area contributed by atoms with E-state index in [1.54, 1.807) is 11.8 Å². The first-order valence-corrected chi connectivity index (χ1v) is 10.5.